The highest BCUT2D eigenvalue weighted by Crippen LogP contribution is 2.65. The van der Waals surface area contributed by atoms with Crippen molar-refractivity contribution in [2.24, 2.45) is 35.5 Å². The third kappa shape index (κ3) is 2.10. The van der Waals surface area contributed by atoms with Crippen molar-refractivity contribution in [3.05, 3.63) is 54.6 Å². The van der Waals surface area contributed by atoms with E-state index in [1.807, 2.05) is 42.5 Å². The summed E-state index contributed by atoms with van der Waals surface area (Å²) in [5.74, 6) is 0.344. The van der Waals surface area contributed by atoms with Crippen LogP contribution in [0.5, 0.6) is 0 Å². The Labute approximate surface area is 162 Å². The van der Waals surface area contributed by atoms with Gasteiger partial charge in [-0.2, -0.15) is 0 Å². The first kappa shape index (κ1) is 16.0. The van der Waals surface area contributed by atoms with E-state index < -0.39 is 0 Å². The second kappa shape index (κ2) is 5.53. The van der Waals surface area contributed by atoms with E-state index in [2.05, 4.69) is 17.5 Å². The number of hydrogen-bond acceptors (Lipinski definition) is 3. The van der Waals surface area contributed by atoms with Crippen LogP contribution in [-0.2, 0) is 14.4 Å². The number of carbonyl (C=O) groups is 3. The Morgan fingerprint density at radius 1 is 0.929 bits per heavy atom. The van der Waals surface area contributed by atoms with Gasteiger partial charge in [-0.3, -0.25) is 19.3 Å². The number of imide groups is 1. The van der Waals surface area contributed by atoms with Gasteiger partial charge in [0.15, 0.2) is 0 Å². The molecule has 7 rings (SSSR count). The fourth-order valence-corrected chi connectivity index (χ4v) is 5.84. The van der Waals surface area contributed by atoms with Crippen molar-refractivity contribution in [2.75, 3.05) is 11.9 Å². The van der Waals surface area contributed by atoms with Crippen LogP contribution in [-0.4, -0.2) is 29.2 Å². The van der Waals surface area contributed by atoms with Crippen LogP contribution in [0.1, 0.15) is 6.42 Å². The predicted octanol–water partition coefficient (Wildman–Crippen LogP) is 2.83. The van der Waals surface area contributed by atoms with Gasteiger partial charge in [-0.1, -0.05) is 48.6 Å². The minimum absolute atomic E-state index is 0.159. The predicted molar refractivity (Wildman–Crippen MR) is 104 cm³/mol. The molecule has 3 fully saturated rings. The summed E-state index contributed by atoms with van der Waals surface area (Å²) in [7, 11) is 0. The normalized spacial score (nSPS) is 34.5. The van der Waals surface area contributed by atoms with Crippen molar-refractivity contribution in [3.63, 3.8) is 0 Å². The molecule has 1 N–H and O–H groups in total. The summed E-state index contributed by atoms with van der Waals surface area (Å²) in [4.78, 5) is 39.9. The van der Waals surface area contributed by atoms with Crippen LogP contribution in [0.25, 0.3) is 10.8 Å². The molecule has 2 aromatic carbocycles. The van der Waals surface area contributed by atoms with Gasteiger partial charge < -0.3 is 5.32 Å². The molecule has 3 amide bonds. The standard InChI is InChI=1S/C23H20N2O3/c26-19(24-18-7-3-5-12-4-1-2-6-13(12)18)11-25-22(27)20-14-8-9-15(17-10-16(14)17)21(20)23(25)28/h1-9,14-17,20-21H,10-11H2,(H,24,26)/t14-,15+,16-,17+,20-,21+. The molecule has 2 bridgehead atoms. The second-order valence-corrected chi connectivity index (χ2v) is 8.49. The van der Waals surface area contributed by atoms with Crippen LogP contribution in [0.4, 0.5) is 5.69 Å². The van der Waals surface area contributed by atoms with Gasteiger partial charge in [-0.25, -0.2) is 0 Å². The molecule has 2 saturated carbocycles. The van der Waals surface area contributed by atoms with E-state index in [9.17, 15) is 14.4 Å². The minimum Gasteiger partial charge on any atom is -0.324 e. The maximum Gasteiger partial charge on any atom is 0.244 e. The van der Waals surface area contributed by atoms with E-state index in [1.165, 1.54) is 4.90 Å². The Bertz CT molecular complexity index is 1030. The Balaban J connectivity index is 1.23. The maximum atomic E-state index is 13.0. The van der Waals surface area contributed by atoms with Gasteiger partial charge in [0.25, 0.3) is 0 Å². The molecule has 5 aliphatic rings. The SMILES string of the molecule is O=C(CN1C(=O)[C@@H]2[C@@H]3C=C[C@@H]([C@@H]4C[C@H]34)[C@@H]2C1=O)Nc1cccc2ccccc12. The van der Waals surface area contributed by atoms with Gasteiger partial charge in [0.05, 0.1) is 11.8 Å². The molecule has 28 heavy (non-hydrogen) atoms. The zero-order valence-corrected chi connectivity index (χ0v) is 15.2. The summed E-state index contributed by atoms with van der Waals surface area (Å²) in [6.07, 6.45) is 5.42. The van der Waals surface area contributed by atoms with Crippen molar-refractivity contribution >= 4 is 34.2 Å². The van der Waals surface area contributed by atoms with Crippen molar-refractivity contribution in [1.82, 2.24) is 4.90 Å². The number of benzene rings is 2. The second-order valence-electron chi connectivity index (χ2n) is 8.49. The molecule has 5 nitrogen and oxygen atoms in total. The maximum absolute atomic E-state index is 13.0. The molecule has 0 unspecified atom stereocenters. The zero-order valence-electron chi connectivity index (χ0n) is 15.2. The van der Waals surface area contributed by atoms with Crippen LogP contribution < -0.4 is 5.32 Å². The zero-order chi connectivity index (χ0) is 19.0. The number of nitrogens with zero attached hydrogens (tertiary/aromatic N) is 1. The topological polar surface area (TPSA) is 66.5 Å². The van der Waals surface area contributed by atoms with Gasteiger partial charge in [-0.05, 0) is 41.5 Å². The number of fused-ring (bicyclic) bond motifs is 1. The van der Waals surface area contributed by atoms with E-state index in [0.29, 0.717) is 17.5 Å². The number of nitrogens with one attached hydrogen (secondary N) is 1. The van der Waals surface area contributed by atoms with Crippen LogP contribution in [0, 0.1) is 35.5 Å². The number of anilines is 1. The molecular weight excluding hydrogens is 352 g/mol. The summed E-state index contributed by atoms with van der Waals surface area (Å²) in [5, 5.41) is 4.86. The van der Waals surface area contributed by atoms with E-state index in [0.717, 1.165) is 17.2 Å². The highest BCUT2D eigenvalue weighted by Gasteiger charge is 2.67. The Morgan fingerprint density at radius 2 is 1.57 bits per heavy atom. The lowest BCUT2D eigenvalue weighted by Gasteiger charge is -2.37. The first-order valence-corrected chi connectivity index (χ1v) is 9.94. The highest BCUT2D eigenvalue weighted by molar-refractivity contribution is 6.10. The molecule has 1 heterocycles. The van der Waals surface area contributed by atoms with E-state index in [4.69, 9.17) is 0 Å². The molecule has 0 radical (unpaired) electrons. The summed E-state index contributed by atoms with van der Waals surface area (Å²) in [6.45, 7) is -0.206. The minimum atomic E-state index is -0.331. The van der Waals surface area contributed by atoms with Crippen LogP contribution in [0.15, 0.2) is 54.6 Å². The smallest absolute Gasteiger partial charge is 0.244 e. The van der Waals surface area contributed by atoms with Crippen LogP contribution >= 0.6 is 0 Å². The van der Waals surface area contributed by atoms with Gasteiger partial charge in [-0.15, -0.1) is 0 Å². The van der Waals surface area contributed by atoms with Gasteiger partial charge in [0.2, 0.25) is 17.7 Å². The number of carbonyl (C=O) groups excluding carboxylic acids is 3. The van der Waals surface area contributed by atoms with Gasteiger partial charge in [0.1, 0.15) is 6.54 Å². The first-order valence-electron chi connectivity index (χ1n) is 9.94. The average Bonchev–Trinajstić information content (AvgIpc) is 3.49. The molecule has 140 valence electrons. The summed E-state index contributed by atoms with van der Waals surface area (Å²) in [5.41, 5.74) is 0.697. The van der Waals surface area contributed by atoms with Crippen molar-refractivity contribution in [1.29, 1.82) is 0 Å². The third-order valence-corrected chi connectivity index (χ3v) is 7.12. The van der Waals surface area contributed by atoms with E-state index in [1.54, 1.807) is 0 Å². The van der Waals surface area contributed by atoms with Gasteiger partial charge >= 0.3 is 0 Å². The fraction of sp³-hybridized carbons (Fsp3) is 0.348. The molecule has 0 spiro atoms. The number of rotatable bonds is 3. The molecule has 1 aliphatic heterocycles. The van der Waals surface area contributed by atoms with Crippen LogP contribution in [0.3, 0.4) is 0 Å². The van der Waals surface area contributed by atoms with Gasteiger partial charge in [0, 0.05) is 11.1 Å². The van der Waals surface area contributed by atoms with E-state index in [-0.39, 0.29) is 47.9 Å². The summed E-state index contributed by atoms with van der Waals surface area (Å²) in [6, 6.07) is 13.5. The Hall–Kier alpha value is -2.95. The number of amides is 3. The number of likely N-dealkylation sites (tertiary alicyclic amines) is 1. The number of hydrogen-bond donors (Lipinski definition) is 1. The fourth-order valence-electron chi connectivity index (χ4n) is 5.84. The van der Waals surface area contributed by atoms with Crippen molar-refractivity contribution in [2.45, 2.75) is 6.42 Å². The Kier molecular flexibility index (Phi) is 3.17. The monoisotopic (exact) mass is 372 g/mol. The summed E-state index contributed by atoms with van der Waals surface area (Å²) >= 11 is 0. The molecule has 0 aromatic heterocycles. The molecule has 5 heteroatoms. The Morgan fingerprint density at radius 3 is 2.29 bits per heavy atom. The number of allylic oxidation sites excluding steroid dienone is 2. The lowest BCUT2D eigenvalue weighted by Crippen LogP contribution is -2.40. The lowest BCUT2D eigenvalue weighted by atomic mass is 9.63. The third-order valence-electron chi connectivity index (χ3n) is 7.12. The van der Waals surface area contributed by atoms with Crippen molar-refractivity contribution in [3.8, 4) is 0 Å². The first-order chi connectivity index (χ1) is 13.6. The van der Waals surface area contributed by atoms with Crippen LogP contribution in [0.2, 0.25) is 0 Å². The molecule has 2 aromatic rings. The average molecular weight is 372 g/mol. The molecular formula is C23H20N2O3. The largest absolute Gasteiger partial charge is 0.324 e. The summed E-state index contributed by atoms with van der Waals surface area (Å²) < 4.78 is 0. The molecule has 4 aliphatic carbocycles. The molecule has 1 saturated heterocycles. The highest BCUT2D eigenvalue weighted by atomic mass is 16.2. The molecule has 6 atom stereocenters. The van der Waals surface area contributed by atoms with Crippen molar-refractivity contribution < 1.29 is 14.4 Å². The quantitative estimate of drug-likeness (QED) is 0.666. The van der Waals surface area contributed by atoms with E-state index >= 15 is 0 Å². The lowest BCUT2D eigenvalue weighted by molar-refractivity contribution is -0.142.